The molecule has 1 aromatic rings. The van der Waals surface area contributed by atoms with E-state index in [9.17, 15) is 0 Å². The number of benzene rings is 1. The van der Waals surface area contributed by atoms with Gasteiger partial charge in [0.05, 0.1) is 0 Å². The third-order valence-corrected chi connectivity index (χ3v) is 2.77. The molecule has 15 heavy (non-hydrogen) atoms. The molecular weight excluding hydrogens is 208 g/mol. The van der Waals surface area contributed by atoms with Crippen LogP contribution in [-0.2, 0) is 0 Å². The molecule has 0 aliphatic rings. The van der Waals surface area contributed by atoms with Gasteiger partial charge in [-0.2, -0.15) is 0 Å². The van der Waals surface area contributed by atoms with Gasteiger partial charge in [-0.1, -0.05) is 17.7 Å². The van der Waals surface area contributed by atoms with Crippen molar-refractivity contribution in [2.45, 2.75) is 13.3 Å². The van der Waals surface area contributed by atoms with Gasteiger partial charge in [0, 0.05) is 17.3 Å². The van der Waals surface area contributed by atoms with Gasteiger partial charge in [0.25, 0.3) is 0 Å². The standard InChI is InChI=1S/C12H19ClN2/c1-10-11(13)6-4-7-12(10)14-8-5-9-15(2)3/h4,6-7,14H,5,8-9H2,1-3H3. The average Bonchev–Trinajstić information content (AvgIpc) is 2.18. The second-order valence-corrected chi connectivity index (χ2v) is 4.40. The minimum Gasteiger partial charge on any atom is -0.385 e. The fourth-order valence-electron chi connectivity index (χ4n) is 1.42. The molecule has 0 heterocycles. The third-order valence-electron chi connectivity index (χ3n) is 2.37. The van der Waals surface area contributed by atoms with Crippen LogP contribution in [0.15, 0.2) is 18.2 Å². The van der Waals surface area contributed by atoms with Gasteiger partial charge in [-0.15, -0.1) is 0 Å². The minimum absolute atomic E-state index is 0.826. The molecule has 0 radical (unpaired) electrons. The Kier molecular flexibility index (Phi) is 4.92. The van der Waals surface area contributed by atoms with Gasteiger partial charge in [-0.05, 0) is 51.7 Å². The Morgan fingerprint density at radius 3 is 2.73 bits per heavy atom. The molecule has 0 amide bonds. The molecule has 0 atom stereocenters. The van der Waals surface area contributed by atoms with Gasteiger partial charge in [-0.25, -0.2) is 0 Å². The normalized spacial score (nSPS) is 10.7. The maximum absolute atomic E-state index is 6.03. The van der Waals surface area contributed by atoms with Crippen LogP contribution in [0.25, 0.3) is 0 Å². The monoisotopic (exact) mass is 226 g/mol. The first-order valence-electron chi connectivity index (χ1n) is 5.25. The van der Waals surface area contributed by atoms with E-state index < -0.39 is 0 Å². The summed E-state index contributed by atoms with van der Waals surface area (Å²) in [5.41, 5.74) is 2.27. The van der Waals surface area contributed by atoms with Gasteiger partial charge in [-0.3, -0.25) is 0 Å². The van der Waals surface area contributed by atoms with E-state index >= 15 is 0 Å². The Labute approximate surface area is 97.2 Å². The molecule has 0 fully saturated rings. The minimum atomic E-state index is 0.826. The molecule has 0 aromatic heterocycles. The van der Waals surface area contributed by atoms with Crippen molar-refractivity contribution >= 4 is 17.3 Å². The Morgan fingerprint density at radius 1 is 1.33 bits per heavy atom. The summed E-state index contributed by atoms with van der Waals surface area (Å²) in [4.78, 5) is 2.19. The Morgan fingerprint density at radius 2 is 2.07 bits per heavy atom. The van der Waals surface area contributed by atoms with Crippen molar-refractivity contribution in [3.63, 3.8) is 0 Å². The molecule has 1 N–H and O–H groups in total. The molecule has 0 spiro atoms. The van der Waals surface area contributed by atoms with Crippen molar-refractivity contribution in [3.05, 3.63) is 28.8 Å². The van der Waals surface area contributed by atoms with E-state index in [0.717, 1.165) is 35.8 Å². The number of rotatable bonds is 5. The van der Waals surface area contributed by atoms with Crippen LogP contribution in [0.4, 0.5) is 5.69 Å². The van der Waals surface area contributed by atoms with Gasteiger partial charge in [0.1, 0.15) is 0 Å². The van der Waals surface area contributed by atoms with Gasteiger partial charge in [0.2, 0.25) is 0 Å². The number of anilines is 1. The molecular formula is C12H19ClN2. The van der Waals surface area contributed by atoms with Crippen LogP contribution in [0.3, 0.4) is 0 Å². The van der Waals surface area contributed by atoms with E-state index in [-0.39, 0.29) is 0 Å². The summed E-state index contributed by atoms with van der Waals surface area (Å²) in [6.45, 7) is 4.13. The van der Waals surface area contributed by atoms with Crippen molar-refractivity contribution in [1.29, 1.82) is 0 Å². The summed E-state index contributed by atoms with van der Waals surface area (Å²) >= 11 is 6.03. The lowest BCUT2D eigenvalue weighted by Crippen LogP contribution is -2.16. The Bertz CT molecular complexity index is 310. The molecule has 0 aliphatic heterocycles. The SMILES string of the molecule is Cc1c(Cl)cccc1NCCCN(C)C. The largest absolute Gasteiger partial charge is 0.385 e. The number of hydrogen-bond donors (Lipinski definition) is 1. The molecule has 2 nitrogen and oxygen atoms in total. The molecule has 0 saturated heterocycles. The van der Waals surface area contributed by atoms with E-state index in [1.807, 2.05) is 19.1 Å². The van der Waals surface area contributed by atoms with Crippen molar-refractivity contribution in [1.82, 2.24) is 4.90 Å². The van der Waals surface area contributed by atoms with Crippen LogP contribution in [0.5, 0.6) is 0 Å². The van der Waals surface area contributed by atoms with Crippen LogP contribution in [-0.4, -0.2) is 32.1 Å². The van der Waals surface area contributed by atoms with Crippen LogP contribution in [0.1, 0.15) is 12.0 Å². The third kappa shape index (κ3) is 4.10. The summed E-state index contributed by atoms with van der Waals surface area (Å²) in [7, 11) is 4.18. The highest BCUT2D eigenvalue weighted by Crippen LogP contribution is 2.22. The topological polar surface area (TPSA) is 15.3 Å². The fraction of sp³-hybridized carbons (Fsp3) is 0.500. The van der Waals surface area contributed by atoms with Crippen molar-refractivity contribution in [3.8, 4) is 0 Å². The van der Waals surface area contributed by atoms with E-state index in [0.29, 0.717) is 0 Å². The summed E-state index contributed by atoms with van der Waals surface area (Å²) in [6.07, 6.45) is 1.14. The van der Waals surface area contributed by atoms with Crippen molar-refractivity contribution < 1.29 is 0 Å². The van der Waals surface area contributed by atoms with Crippen LogP contribution in [0.2, 0.25) is 5.02 Å². The Hall–Kier alpha value is -0.730. The zero-order chi connectivity index (χ0) is 11.3. The number of nitrogens with one attached hydrogen (secondary N) is 1. The maximum atomic E-state index is 6.03. The Balaban J connectivity index is 2.41. The van der Waals surface area contributed by atoms with Crippen LogP contribution >= 0.6 is 11.6 Å². The highest BCUT2D eigenvalue weighted by molar-refractivity contribution is 6.31. The van der Waals surface area contributed by atoms with E-state index in [1.165, 1.54) is 0 Å². The quantitative estimate of drug-likeness (QED) is 0.777. The fourth-order valence-corrected chi connectivity index (χ4v) is 1.59. The van der Waals surface area contributed by atoms with Gasteiger partial charge in [0.15, 0.2) is 0 Å². The zero-order valence-electron chi connectivity index (χ0n) is 9.68. The van der Waals surface area contributed by atoms with Crippen molar-refractivity contribution in [2.24, 2.45) is 0 Å². The highest BCUT2D eigenvalue weighted by atomic mass is 35.5. The van der Waals surface area contributed by atoms with E-state index in [4.69, 9.17) is 11.6 Å². The molecule has 0 aliphatic carbocycles. The average molecular weight is 227 g/mol. The molecule has 1 rings (SSSR count). The second-order valence-electron chi connectivity index (χ2n) is 4.00. The highest BCUT2D eigenvalue weighted by Gasteiger charge is 2.00. The molecule has 0 bridgehead atoms. The predicted octanol–water partition coefficient (Wildman–Crippen LogP) is 3.01. The lowest BCUT2D eigenvalue weighted by atomic mass is 10.2. The summed E-state index contributed by atoms with van der Waals surface area (Å²) in [6, 6.07) is 5.96. The molecule has 0 saturated carbocycles. The number of halogens is 1. The zero-order valence-corrected chi connectivity index (χ0v) is 10.4. The summed E-state index contributed by atoms with van der Waals surface area (Å²) in [5, 5.41) is 4.22. The first kappa shape index (κ1) is 12.3. The molecule has 0 unspecified atom stereocenters. The van der Waals surface area contributed by atoms with Crippen LogP contribution < -0.4 is 5.32 Å². The number of hydrogen-bond acceptors (Lipinski definition) is 2. The van der Waals surface area contributed by atoms with Gasteiger partial charge >= 0.3 is 0 Å². The first-order valence-corrected chi connectivity index (χ1v) is 5.63. The van der Waals surface area contributed by atoms with Crippen LogP contribution in [0, 0.1) is 6.92 Å². The molecule has 84 valence electrons. The van der Waals surface area contributed by atoms with Crippen molar-refractivity contribution in [2.75, 3.05) is 32.5 Å². The lowest BCUT2D eigenvalue weighted by molar-refractivity contribution is 0.405. The van der Waals surface area contributed by atoms with E-state index in [1.54, 1.807) is 0 Å². The lowest BCUT2D eigenvalue weighted by Gasteiger charge is -2.12. The second kappa shape index (κ2) is 5.99. The first-order chi connectivity index (χ1) is 7.11. The van der Waals surface area contributed by atoms with E-state index in [2.05, 4.69) is 30.4 Å². The van der Waals surface area contributed by atoms with Gasteiger partial charge < -0.3 is 10.2 Å². The summed E-state index contributed by atoms with van der Waals surface area (Å²) in [5.74, 6) is 0. The maximum Gasteiger partial charge on any atom is 0.0455 e. The predicted molar refractivity (Wildman–Crippen MR) is 67.8 cm³/mol. The molecule has 3 heteroatoms. The number of nitrogens with zero attached hydrogens (tertiary/aromatic N) is 1. The summed E-state index contributed by atoms with van der Waals surface area (Å²) < 4.78 is 0. The molecule has 1 aromatic carbocycles. The smallest absolute Gasteiger partial charge is 0.0455 e.